The minimum atomic E-state index is 0.698. The molecule has 0 saturated carbocycles. The Labute approximate surface area is 128 Å². The van der Waals surface area contributed by atoms with Gasteiger partial charge in [-0.3, -0.25) is 4.90 Å². The molecule has 3 rings (SSSR count). The summed E-state index contributed by atoms with van der Waals surface area (Å²) in [5.74, 6) is 2.33. The van der Waals surface area contributed by atoms with Crippen LogP contribution in [0, 0.1) is 0 Å². The molecule has 1 aliphatic rings. The number of piperazine rings is 1. The molecule has 0 bridgehead atoms. The smallest absolute Gasteiger partial charge is 0.226 e. The third-order valence-corrected chi connectivity index (χ3v) is 3.88. The van der Waals surface area contributed by atoms with E-state index in [0.717, 1.165) is 50.8 Å². The fourth-order valence-electron chi connectivity index (χ4n) is 2.43. The predicted octanol–water partition coefficient (Wildman–Crippen LogP) is 2.00. The average molecular weight is 308 g/mol. The van der Waals surface area contributed by atoms with Crippen molar-refractivity contribution in [3.05, 3.63) is 35.1 Å². The van der Waals surface area contributed by atoms with Gasteiger partial charge in [0.1, 0.15) is 5.82 Å². The van der Waals surface area contributed by atoms with Gasteiger partial charge in [0, 0.05) is 38.8 Å². The maximum Gasteiger partial charge on any atom is 0.226 e. The number of nitrogens with zero attached hydrogens (tertiary/aromatic N) is 5. The maximum atomic E-state index is 6.19. The first-order chi connectivity index (χ1) is 10.3. The van der Waals surface area contributed by atoms with Crippen LogP contribution in [-0.4, -0.2) is 46.2 Å². The van der Waals surface area contributed by atoms with Gasteiger partial charge in [-0.1, -0.05) is 23.7 Å². The van der Waals surface area contributed by atoms with Crippen molar-refractivity contribution in [2.45, 2.75) is 19.9 Å². The van der Waals surface area contributed by atoms with E-state index < -0.39 is 0 Å². The Morgan fingerprint density at radius 3 is 2.76 bits per heavy atom. The van der Waals surface area contributed by atoms with E-state index in [2.05, 4.69) is 24.9 Å². The van der Waals surface area contributed by atoms with Gasteiger partial charge < -0.3 is 9.42 Å². The minimum absolute atomic E-state index is 0.698. The summed E-state index contributed by atoms with van der Waals surface area (Å²) in [5, 5.41) is 4.70. The van der Waals surface area contributed by atoms with Crippen molar-refractivity contribution in [1.29, 1.82) is 0 Å². The summed E-state index contributed by atoms with van der Waals surface area (Å²) >= 11 is 6.19. The monoisotopic (exact) mass is 307 g/mol. The molecule has 0 aliphatic carbocycles. The van der Waals surface area contributed by atoms with Crippen molar-refractivity contribution in [1.82, 2.24) is 20.0 Å². The van der Waals surface area contributed by atoms with E-state index in [4.69, 9.17) is 16.1 Å². The Hall–Kier alpha value is -1.66. The number of anilines is 1. The zero-order chi connectivity index (χ0) is 14.7. The van der Waals surface area contributed by atoms with Gasteiger partial charge in [0.25, 0.3) is 0 Å². The number of aromatic nitrogens is 3. The van der Waals surface area contributed by atoms with Gasteiger partial charge in [0.2, 0.25) is 5.89 Å². The van der Waals surface area contributed by atoms with E-state index in [-0.39, 0.29) is 0 Å². The number of pyridine rings is 1. The van der Waals surface area contributed by atoms with Crippen LogP contribution in [0.5, 0.6) is 0 Å². The lowest BCUT2D eigenvalue weighted by Gasteiger charge is -2.35. The fourth-order valence-corrected chi connectivity index (χ4v) is 2.67. The maximum absolute atomic E-state index is 6.19. The Balaban J connectivity index is 1.56. The second-order valence-corrected chi connectivity index (χ2v) is 5.44. The highest BCUT2D eigenvalue weighted by Crippen LogP contribution is 2.23. The Bertz CT molecular complexity index is 595. The van der Waals surface area contributed by atoms with Gasteiger partial charge in [-0.25, -0.2) is 4.98 Å². The van der Waals surface area contributed by atoms with Crippen molar-refractivity contribution in [2.24, 2.45) is 0 Å². The molecule has 1 fully saturated rings. The largest absolute Gasteiger partial charge is 0.353 e. The zero-order valence-electron chi connectivity index (χ0n) is 12.0. The second kappa shape index (κ2) is 6.41. The molecule has 6 nitrogen and oxygen atoms in total. The molecule has 3 heterocycles. The molecule has 0 unspecified atom stereocenters. The molecule has 0 amide bonds. The lowest BCUT2D eigenvalue weighted by atomic mass is 10.3. The molecule has 2 aromatic rings. The number of halogens is 1. The van der Waals surface area contributed by atoms with Crippen molar-refractivity contribution < 1.29 is 4.52 Å². The summed E-state index contributed by atoms with van der Waals surface area (Å²) in [4.78, 5) is 13.2. The Morgan fingerprint density at radius 1 is 1.29 bits per heavy atom. The van der Waals surface area contributed by atoms with Crippen molar-refractivity contribution in [3.8, 4) is 0 Å². The summed E-state index contributed by atoms with van der Waals surface area (Å²) < 4.78 is 5.14. The van der Waals surface area contributed by atoms with Crippen LogP contribution in [-0.2, 0) is 13.0 Å². The van der Waals surface area contributed by atoms with Gasteiger partial charge in [0.05, 0.1) is 11.6 Å². The third-order valence-electron chi connectivity index (χ3n) is 3.59. The van der Waals surface area contributed by atoms with E-state index in [1.54, 1.807) is 6.20 Å². The SMILES string of the molecule is CCc1nc(CN2CCN(c3ncccc3Cl)CC2)no1. The summed E-state index contributed by atoms with van der Waals surface area (Å²) in [6.45, 7) is 6.40. The molecule has 1 aliphatic heterocycles. The van der Waals surface area contributed by atoms with Crippen LogP contribution >= 0.6 is 11.6 Å². The molecule has 0 radical (unpaired) electrons. The first-order valence-electron chi connectivity index (χ1n) is 7.15. The molecule has 21 heavy (non-hydrogen) atoms. The second-order valence-electron chi connectivity index (χ2n) is 5.03. The molecule has 1 saturated heterocycles. The van der Waals surface area contributed by atoms with Crippen molar-refractivity contribution >= 4 is 17.4 Å². The highest BCUT2D eigenvalue weighted by Gasteiger charge is 2.21. The number of aryl methyl sites for hydroxylation is 1. The molecule has 0 atom stereocenters. The van der Waals surface area contributed by atoms with Crippen molar-refractivity contribution in [2.75, 3.05) is 31.1 Å². The number of hydrogen-bond donors (Lipinski definition) is 0. The molecule has 7 heteroatoms. The summed E-state index contributed by atoms with van der Waals surface area (Å²) in [6, 6.07) is 3.73. The summed E-state index contributed by atoms with van der Waals surface area (Å²) in [6.07, 6.45) is 2.55. The summed E-state index contributed by atoms with van der Waals surface area (Å²) in [7, 11) is 0. The van der Waals surface area contributed by atoms with E-state index in [9.17, 15) is 0 Å². The zero-order valence-corrected chi connectivity index (χ0v) is 12.8. The molecule has 0 aromatic carbocycles. The topological polar surface area (TPSA) is 58.3 Å². The quantitative estimate of drug-likeness (QED) is 0.861. The van der Waals surface area contributed by atoms with Gasteiger partial charge in [-0.05, 0) is 12.1 Å². The average Bonchev–Trinajstić information content (AvgIpc) is 2.96. The predicted molar refractivity (Wildman–Crippen MR) is 80.4 cm³/mol. The molecule has 0 spiro atoms. The molecular weight excluding hydrogens is 290 g/mol. The number of hydrogen-bond acceptors (Lipinski definition) is 6. The van der Waals surface area contributed by atoms with E-state index in [0.29, 0.717) is 10.9 Å². The van der Waals surface area contributed by atoms with Crippen molar-refractivity contribution in [3.63, 3.8) is 0 Å². The van der Waals surface area contributed by atoms with Crippen LogP contribution in [0.3, 0.4) is 0 Å². The first-order valence-corrected chi connectivity index (χ1v) is 7.53. The van der Waals surface area contributed by atoms with Crippen LogP contribution in [0.2, 0.25) is 5.02 Å². The van der Waals surface area contributed by atoms with E-state index in [1.165, 1.54) is 0 Å². The summed E-state index contributed by atoms with van der Waals surface area (Å²) in [5.41, 5.74) is 0. The highest BCUT2D eigenvalue weighted by molar-refractivity contribution is 6.32. The minimum Gasteiger partial charge on any atom is -0.353 e. The Kier molecular flexibility index (Phi) is 4.36. The molecule has 2 aromatic heterocycles. The lowest BCUT2D eigenvalue weighted by Crippen LogP contribution is -2.46. The molecule has 112 valence electrons. The molecular formula is C14H18ClN5O. The third kappa shape index (κ3) is 3.33. The van der Waals surface area contributed by atoms with Crippen LogP contribution in [0.15, 0.2) is 22.9 Å². The van der Waals surface area contributed by atoms with Crippen LogP contribution in [0.4, 0.5) is 5.82 Å². The van der Waals surface area contributed by atoms with Crippen LogP contribution < -0.4 is 4.90 Å². The van der Waals surface area contributed by atoms with Crippen LogP contribution in [0.25, 0.3) is 0 Å². The van der Waals surface area contributed by atoms with E-state index >= 15 is 0 Å². The first kappa shape index (κ1) is 14.3. The fraction of sp³-hybridized carbons (Fsp3) is 0.500. The normalized spacial score (nSPS) is 16.4. The van der Waals surface area contributed by atoms with Gasteiger partial charge in [-0.2, -0.15) is 4.98 Å². The highest BCUT2D eigenvalue weighted by atomic mass is 35.5. The van der Waals surface area contributed by atoms with Gasteiger partial charge in [-0.15, -0.1) is 0 Å². The Morgan fingerprint density at radius 2 is 2.10 bits per heavy atom. The van der Waals surface area contributed by atoms with Gasteiger partial charge in [0.15, 0.2) is 5.82 Å². The standard InChI is InChI=1S/C14H18ClN5O/c1-2-13-17-12(18-21-13)10-19-6-8-20(9-7-19)14-11(15)4-3-5-16-14/h3-5H,2,6-10H2,1H3. The van der Waals surface area contributed by atoms with Gasteiger partial charge >= 0.3 is 0 Å². The molecule has 0 N–H and O–H groups in total. The number of rotatable bonds is 4. The lowest BCUT2D eigenvalue weighted by molar-refractivity contribution is 0.239. The van der Waals surface area contributed by atoms with Crippen LogP contribution in [0.1, 0.15) is 18.6 Å². The van der Waals surface area contributed by atoms with E-state index in [1.807, 2.05) is 19.1 Å².